The van der Waals surface area contributed by atoms with E-state index in [0.29, 0.717) is 17.6 Å². The van der Waals surface area contributed by atoms with Gasteiger partial charge in [0.15, 0.2) is 0 Å². The van der Waals surface area contributed by atoms with Gasteiger partial charge in [0.1, 0.15) is 17.1 Å². The maximum absolute atomic E-state index is 11.1. The first-order chi connectivity index (χ1) is 13.7. The molecule has 1 aliphatic carbocycles. The number of aliphatic hydroxyl groups excluding tert-OH is 1. The van der Waals surface area contributed by atoms with Gasteiger partial charge in [-0.15, -0.1) is 0 Å². The second kappa shape index (κ2) is 9.18. The molecule has 1 fully saturated rings. The van der Waals surface area contributed by atoms with Crippen LogP contribution in [0.15, 0.2) is 12.1 Å². The van der Waals surface area contributed by atoms with Crippen LogP contribution in [-0.4, -0.2) is 27.8 Å². The lowest BCUT2D eigenvalue weighted by Gasteiger charge is -2.49. The van der Waals surface area contributed by atoms with Gasteiger partial charge in [-0.1, -0.05) is 49.0 Å². The fourth-order valence-corrected chi connectivity index (χ4v) is 5.95. The first kappa shape index (κ1) is 22.9. The Kier molecular flexibility index (Phi) is 7.26. The fraction of sp³-hybridized carbons (Fsp3) is 0.760. The van der Waals surface area contributed by atoms with E-state index in [1.165, 1.54) is 25.7 Å². The predicted octanol–water partition coefficient (Wildman–Crippen LogP) is 6.68. The molecule has 1 aliphatic heterocycles. The number of benzene rings is 1. The molecule has 0 bridgehead atoms. The third-order valence-electron chi connectivity index (χ3n) is 7.44. The van der Waals surface area contributed by atoms with Gasteiger partial charge < -0.3 is 14.9 Å². The van der Waals surface area contributed by atoms with Crippen molar-refractivity contribution in [2.75, 3.05) is 11.9 Å². The number of unbranched alkanes of at least 4 members (excludes halogenated alkanes) is 3. The zero-order valence-corrected chi connectivity index (χ0v) is 20.2. The van der Waals surface area contributed by atoms with E-state index in [9.17, 15) is 10.2 Å². The molecule has 29 heavy (non-hydrogen) atoms. The summed E-state index contributed by atoms with van der Waals surface area (Å²) in [6.07, 6.45) is 9.09. The summed E-state index contributed by atoms with van der Waals surface area (Å²) in [6.45, 7) is 9.16. The van der Waals surface area contributed by atoms with Gasteiger partial charge in [-0.2, -0.15) is 0 Å². The molecule has 3 atom stereocenters. The zero-order chi connectivity index (χ0) is 21.2. The van der Waals surface area contributed by atoms with Crippen molar-refractivity contribution in [1.29, 1.82) is 0 Å². The zero-order valence-electron chi connectivity index (χ0n) is 18.6. The minimum absolute atomic E-state index is 0.00542. The molecular weight excluding hydrogens is 428 g/mol. The third kappa shape index (κ3) is 4.95. The van der Waals surface area contributed by atoms with Crippen LogP contribution in [0.4, 0.5) is 0 Å². The molecule has 0 aromatic heterocycles. The summed E-state index contributed by atoms with van der Waals surface area (Å²) in [4.78, 5) is 0. The standard InChI is InChI=1S/C25H39BrO3/c1-24(2,11-7-5-6-8-12-26)18-14-21(28)23-19-13-17(16-27)9-10-20(19)25(3,4)29-22(23)15-18/h14-15,17,19-20,27-28H,5-13,16H2,1-4H3/t17?,19-,20-/m1/s1. The molecule has 3 rings (SSSR count). The Balaban J connectivity index is 1.85. The second-order valence-electron chi connectivity index (χ2n) is 10.4. The van der Waals surface area contributed by atoms with Crippen LogP contribution in [-0.2, 0) is 5.41 Å². The highest BCUT2D eigenvalue weighted by Crippen LogP contribution is 2.56. The summed E-state index contributed by atoms with van der Waals surface area (Å²) in [5.74, 6) is 2.22. The van der Waals surface area contributed by atoms with Gasteiger partial charge in [-0.05, 0) is 80.9 Å². The number of phenolic OH excluding ortho intramolecular Hbond substituents is 1. The molecule has 3 nitrogen and oxygen atoms in total. The van der Waals surface area contributed by atoms with Crippen LogP contribution in [0.1, 0.15) is 96.1 Å². The average Bonchev–Trinajstić information content (AvgIpc) is 2.66. The van der Waals surface area contributed by atoms with Crippen molar-refractivity contribution in [3.8, 4) is 11.5 Å². The number of ether oxygens (including phenoxy) is 1. The summed E-state index contributed by atoms with van der Waals surface area (Å²) in [5.41, 5.74) is 1.90. The number of hydrogen-bond donors (Lipinski definition) is 2. The molecular formula is C25H39BrO3. The van der Waals surface area contributed by atoms with Crippen molar-refractivity contribution in [2.24, 2.45) is 11.8 Å². The highest BCUT2D eigenvalue weighted by atomic mass is 79.9. The summed E-state index contributed by atoms with van der Waals surface area (Å²) in [7, 11) is 0. The summed E-state index contributed by atoms with van der Waals surface area (Å²) in [6, 6.07) is 4.17. The van der Waals surface area contributed by atoms with Crippen molar-refractivity contribution >= 4 is 15.9 Å². The Bertz CT molecular complexity index is 698. The van der Waals surface area contributed by atoms with E-state index in [1.54, 1.807) is 0 Å². The van der Waals surface area contributed by atoms with E-state index < -0.39 is 0 Å². The van der Waals surface area contributed by atoms with Gasteiger partial charge in [0.25, 0.3) is 0 Å². The van der Waals surface area contributed by atoms with Crippen LogP contribution >= 0.6 is 15.9 Å². The summed E-state index contributed by atoms with van der Waals surface area (Å²) < 4.78 is 6.50. The largest absolute Gasteiger partial charge is 0.508 e. The second-order valence-corrected chi connectivity index (χ2v) is 11.2. The van der Waals surface area contributed by atoms with Crippen LogP contribution in [0.25, 0.3) is 0 Å². The lowest BCUT2D eigenvalue weighted by molar-refractivity contribution is -0.0211. The molecule has 164 valence electrons. The van der Waals surface area contributed by atoms with E-state index >= 15 is 0 Å². The van der Waals surface area contributed by atoms with Crippen molar-refractivity contribution in [1.82, 2.24) is 0 Å². The smallest absolute Gasteiger partial charge is 0.127 e. The Labute approximate surface area is 185 Å². The summed E-state index contributed by atoms with van der Waals surface area (Å²) >= 11 is 3.51. The lowest BCUT2D eigenvalue weighted by atomic mass is 9.63. The summed E-state index contributed by atoms with van der Waals surface area (Å²) in [5, 5.41) is 21.9. The van der Waals surface area contributed by atoms with E-state index in [0.717, 1.165) is 47.9 Å². The number of phenols is 1. The first-order valence-corrected chi connectivity index (χ1v) is 12.5. The molecule has 4 heteroatoms. The highest BCUT2D eigenvalue weighted by molar-refractivity contribution is 9.09. The molecule has 0 spiro atoms. The van der Waals surface area contributed by atoms with Crippen molar-refractivity contribution < 1.29 is 14.9 Å². The molecule has 1 aromatic rings. The number of hydrogen-bond acceptors (Lipinski definition) is 3. The van der Waals surface area contributed by atoms with Gasteiger partial charge >= 0.3 is 0 Å². The normalized spacial score (nSPS) is 25.8. The van der Waals surface area contributed by atoms with Crippen LogP contribution in [0.5, 0.6) is 11.5 Å². The molecule has 1 unspecified atom stereocenters. The fourth-order valence-electron chi connectivity index (χ4n) is 5.55. The molecule has 1 aromatic carbocycles. The monoisotopic (exact) mass is 466 g/mol. The molecule has 1 heterocycles. The average molecular weight is 467 g/mol. The SMILES string of the molecule is CC(C)(CCCCCCBr)c1cc(O)c2c(c1)OC(C)(C)[C@@H]1CCC(CO)C[C@@H]21. The molecule has 1 saturated carbocycles. The van der Waals surface area contributed by atoms with Gasteiger partial charge in [0, 0.05) is 23.4 Å². The number of aromatic hydroxyl groups is 1. The Morgan fingerprint density at radius 3 is 2.55 bits per heavy atom. The molecule has 0 radical (unpaired) electrons. The van der Waals surface area contributed by atoms with Gasteiger partial charge in [0.05, 0.1) is 0 Å². The number of alkyl halides is 1. The van der Waals surface area contributed by atoms with Gasteiger partial charge in [-0.3, -0.25) is 0 Å². The number of rotatable bonds is 8. The van der Waals surface area contributed by atoms with E-state index in [4.69, 9.17) is 4.74 Å². The maximum atomic E-state index is 11.1. The van der Waals surface area contributed by atoms with Crippen molar-refractivity contribution in [3.05, 3.63) is 23.3 Å². The highest BCUT2D eigenvalue weighted by Gasteiger charge is 2.47. The first-order valence-electron chi connectivity index (χ1n) is 11.4. The quantitative estimate of drug-likeness (QED) is 0.331. The molecule has 2 aliphatic rings. The maximum Gasteiger partial charge on any atom is 0.127 e. The Hall–Kier alpha value is -0.740. The van der Waals surface area contributed by atoms with Crippen molar-refractivity contribution in [3.63, 3.8) is 0 Å². The number of fused-ring (bicyclic) bond motifs is 3. The molecule has 0 saturated heterocycles. The van der Waals surface area contributed by atoms with E-state index in [2.05, 4.69) is 49.7 Å². The molecule has 0 amide bonds. The topological polar surface area (TPSA) is 49.7 Å². The van der Waals surface area contributed by atoms with Gasteiger partial charge in [-0.25, -0.2) is 0 Å². The number of aliphatic hydroxyl groups is 1. The van der Waals surface area contributed by atoms with Crippen molar-refractivity contribution in [2.45, 2.75) is 96.0 Å². The Morgan fingerprint density at radius 1 is 1.14 bits per heavy atom. The minimum atomic E-state index is -0.247. The van der Waals surface area contributed by atoms with Crippen LogP contribution < -0.4 is 4.74 Å². The third-order valence-corrected chi connectivity index (χ3v) is 8.00. The predicted molar refractivity (Wildman–Crippen MR) is 123 cm³/mol. The number of halogens is 1. The molecule has 2 N–H and O–H groups in total. The lowest BCUT2D eigenvalue weighted by Crippen LogP contribution is -2.47. The van der Waals surface area contributed by atoms with Gasteiger partial charge in [0.2, 0.25) is 0 Å². The van der Waals surface area contributed by atoms with Crippen LogP contribution in [0.3, 0.4) is 0 Å². The van der Waals surface area contributed by atoms with Crippen LogP contribution in [0, 0.1) is 11.8 Å². The van der Waals surface area contributed by atoms with Crippen LogP contribution in [0.2, 0.25) is 0 Å². The van der Waals surface area contributed by atoms with E-state index in [1.807, 2.05) is 6.07 Å². The van der Waals surface area contributed by atoms with E-state index in [-0.39, 0.29) is 23.5 Å². The Morgan fingerprint density at radius 2 is 1.86 bits per heavy atom. The minimum Gasteiger partial charge on any atom is -0.508 e.